The Morgan fingerprint density at radius 3 is 1.24 bits per heavy atom. The Balaban J connectivity index is 0.968. The Kier molecular flexibility index (Phi) is 12.7. The third kappa shape index (κ3) is 7.28. The Bertz CT molecular complexity index is 1360. The summed E-state index contributed by atoms with van der Waals surface area (Å²) in [6.07, 6.45) is 8.93. The molecule has 11 nitrogen and oxygen atoms in total. The highest BCUT2D eigenvalue weighted by Crippen LogP contribution is 2.62. The standard InChI is InChI=1S/C46H82O11Si2/c1-27(2)58(28(3)4,47-25-21-39-33(11)37-17-15-31(9)35-19-23-43(13)51-41(49-39)45(35,37)55-53-43)57-59(29(5)6,30(7)8)48-26-22-40-34(12)38-18-16-32(10)36-20-24-44(14)52-42(50-40)46(36,38)56-54-44/h27-42H,15-26H2,1-14H3/t31-,32-,33-,34-,35?,36?,37?,38?,39-,40-,41-,42-,43+,44+,45-,46-/m1/s1. The first-order valence-electron chi connectivity index (χ1n) is 24.2. The third-order valence-corrected chi connectivity index (χ3v) is 27.9. The van der Waals surface area contributed by atoms with Crippen molar-refractivity contribution < 1.29 is 51.5 Å². The molecular weight excluding hydrogens is 785 g/mol. The molecule has 0 amide bonds. The van der Waals surface area contributed by atoms with Crippen LogP contribution in [0.2, 0.25) is 22.2 Å². The van der Waals surface area contributed by atoms with Gasteiger partial charge < -0.3 is 31.9 Å². The van der Waals surface area contributed by atoms with Crippen molar-refractivity contribution in [1.82, 2.24) is 0 Å². The van der Waals surface area contributed by atoms with Gasteiger partial charge >= 0.3 is 17.1 Å². The Morgan fingerprint density at radius 2 is 0.881 bits per heavy atom. The van der Waals surface area contributed by atoms with Crippen molar-refractivity contribution in [2.75, 3.05) is 13.2 Å². The monoisotopic (exact) mass is 867 g/mol. The summed E-state index contributed by atoms with van der Waals surface area (Å²) in [5, 5.41) is 0. The summed E-state index contributed by atoms with van der Waals surface area (Å²) in [5.41, 5.74) is -0.215. The average Bonchev–Trinajstić information content (AvgIpc) is 3.55. The molecule has 2 spiro atoms. The van der Waals surface area contributed by atoms with E-state index in [1.165, 1.54) is 12.8 Å². The molecule has 0 aromatic rings. The second kappa shape index (κ2) is 16.5. The molecule has 10 aliphatic rings. The molecule has 13 heteroatoms. The van der Waals surface area contributed by atoms with Gasteiger partial charge in [0.15, 0.2) is 23.8 Å². The van der Waals surface area contributed by atoms with E-state index in [0.717, 1.165) is 51.4 Å². The minimum atomic E-state index is -2.87. The van der Waals surface area contributed by atoms with E-state index in [1.54, 1.807) is 0 Å². The Labute approximate surface area is 358 Å². The topological polar surface area (TPSA) is 102 Å². The van der Waals surface area contributed by atoms with Crippen LogP contribution < -0.4 is 0 Å². The van der Waals surface area contributed by atoms with Crippen molar-refractivity contribution >= 4 is 17.1 Å². The summed E-state index contributed by atoms with van der Waals surface area (Å²) >= 11 is 0. The highest BCUT2D eigenvalue weighted by Gasteiger charge is 2.71. The fourth-order valence-electron chi connectivity index (χ4n) is 14.1. The smallest absolute Gasteiger partial charge is 0.334 e. The van der Waals surface area contributed by atoms with Crippen LogP contribution in [-0.4, -0.2) is 77.9 Å². The van der Waals surface area contributed by atoms with Crippen LogP contribution in [0.5, 0.6) is 0 Å². The lowest BCUT2D eigenvalue weighted by molar-refractivity contribution is -0.571. The van der Waals surface area contributed by atoms with Crippen molar-refractivity contribution in [3.63, 3.8) is 0 Å². The van der Waals surface area contributed by atoms with E-state index in [2.05, 4.69) is 83.1 Å². The molecule has 2 saturated carbocycles. The zero-order chi connectivity index (χ0) is 42.5. The molecule has 4 bridgehead atoms. The van der Waals surface area contributed by atoms with E-state index in [-0.39, 0.29) is 46.2 Å². The maximum Gasteiger partial charge on any atom is 0.334 e. The predicted molar refractivity (Wildman–Crippen MR) is 228 cm³/mol. The van der Waals surface area contributed by atoms with Crippen molar-refractivity contribution in [3.8, 4) is 0 Å². The second-order valence-corrected chi connectivity index (χ2v) is 31.2. The molecule has 8 heterocycles. The van der Waals surface area contributed by atoms with Crippen LogP contribution in [0.1, 0.15) is 161 Å². The van der Waals surface area contributed by atoms with Gasteiger partial charge in [0, 0.05) is 37.9 Å². The number of hydrogen-bond acceptors (Lipinski definition) is 11. The average molecular weight is 867 g/mol. The number of hydrogen-bond donors (Lipinski definition) is 0. The molecule has 16 atom stereocenters. The first-order chi connectivity index (χ1) is 27.8. The number of rotatable bonds is 14. The van der Waals surface area contributed by atoms with Gasteiger partial charge in [-0.25, -0.2) is 19.6 Å². The lowest BCUT2D eigenvalue weighted by Gasteiger charge is -2.60. The molecule has 0 aromatic heterocycles. The fourth-order valence-corrected chi connectivity index (χ4v) is 25.2. The molecule has 2 aliphatic carbocycles. The summed E-state index contributed by atoms with van der Waals surface area (Å²) in [6.45, 7) is 33.0. The van der Waals surface area contributed by atoms with Crippen LogP contribution >= 0.6 is 0 Å². The van der Waals surface area contributed by atoms with E-state index in [4.69, 9.17) is 51.5 Å². The zero-order valence-electron chi connectivity index (χ0n) is 39.2. The summed E-state index contributed by atoms with van der Waals surface area (Å²) in [6, 6.07) is 0. The van der Waals surface area contributed by atoms with Crippen molar-refractivity contribution in [1.29, 1.82) is 0 Å². The van der Waals surface area contributed by atoms with E-state index >= 15 is 0 Å². The largest absolute Gasteiger partial charge is 0.414 e. The quantitative estimate of drug-likeness (QED) is 0.123. The highest BCUT2D eigenvalue weighted by molar-refractivity contribution is 6.83. The van der Waals surface area contributed by atoms with Gasteiger partial charge in [0.2, 0.25) is 11.6 Å². The summed E-state index contributed by atoms with van der Waals surface area (Å²) < 4.78 is 49.8. The molecule has 4 unspecified atom stereocenters. The van der Waals surface area contributed by atoms with Crippen molar-refractivity contribution in [2.45, 2.75) is 231 Å². The molecule has 10 rings (SSSR count). The molecule has 59 heavy (non-hydrogen) atoms. The van der Waals surface area contributed by atoms with Gasteiger partial charge in [-0.05, 0) is 123 Å². The fraction of sp³-hybridized carbons (Fsp3) is 1.00. The maximum atomic E-state index is 7.80. The van der Waals surface area contributed by atoms with Crippen LogP contribution in [0.4, 0.5) is 0 Å². The normalized spacial score (nSPS) is 47.1. The van der Waals surface area contributed by atoms with Gasteiger partial charge in [0.25, 0.3) is 0 Å². The second-order valence-electron chi connectivity index (χ2n) is 22.3. The van der Waals surface area contributed by atoms with Crippen LogP contribution in [-0.2, 0) is 51.5 Å². The molecule has 10 fully saturated rings. The van der Waals surface area contributed by atoms with Crippen molar-refractivity contribution in [2.24, 2.45) is 47.3 Å². The molecule has 0 N–H and O–H groups in total. The molecule has 8 saturated heterocycles. The van der Waals surface area contributed by atoms with Gasteiger partial charge in [-0.15, -0.1) is 0 Å². The van der Waals surface area contributed by atoms with Crippen LogP contribution in [0.3, 0.4) is 0 Å². The van der Waals surface area contributed by atoms with Gasteiger partial charge in [-0.1, -0.05) is 83.1 Å². The van der Waals surface area contributed by atoms with E-state index in [0.29, 0.717) is 48.7 Å². The predicted octanol–water partition coefficient (Wildman–Crippen LogP) is 10.8. The minimum absolute atomic E-state index is 0.0119. The lowest BCUT2D eigenvalue weighted by Crippen LogP contribution is -2.70. The van der Waals surface area contributed by atoms with E-state index in [1.807, 2.05) is 13.8 Å². The maximum absolute atomic E-state index is 7.80. The molecule has 8 aliphatic heterocycles. The minimum Gasteiger partial charge on any atom is -0.414 e. The van der Waals surface area contributed by atoms with Crippen molar-refractivity contribution in [3.05, 3.63) is 0 Å². The molecule has 0 radical (unpaired) electrons. The van der Waals surface area contributed by atoms with Crippen LogP contribution in [0.25, 0.3) is 0 Å². The number of fused-ring (bicyclic) bond motifs is 4. The van der Waals surface area contributed by atoms with Gasteiger partial charge in [-0.3, -0.25) is 0 Å². The van der Waals surface area contributed by atoms with Crippen LogP contribution in [0, 0.1) is 47.3 Å². The molecule has 340 valence electrons. The first-order valence-corrected chi connectivity index (χ1v) is 28.1. The SMILES string of the molecule is CC(C)[Si](OCC[C@H]1O[C@@H]2O[C@]3(C)CCC4[C@H](C)CCC([C@H]1C)[C@]42OO3)(O[Si](OCC[C@H]1O[C@@H]2O[C@]3(C)CCC4[C@H](C)CCC([C@H]1C)[C@]42OO3)(C(C)C)C(C)C)C(C)C. The van der Waals surface area contributed by atoms with E-state index < -0.39 is 52.5 Å². The summed E-state index contributed by atoms with van der Waals surface area (Å²) in [5.74, 6) is 1.40. The van der Waals surface area contributed by atoms with Gasteiger partial charge in [0.05, 0.1) is 12.2 Å². The summed E-state index contributed by atoms with van der Waals surface area (Å²) in [4.78, 5) is 25.1. The lowest BCUT2D eigenvalue weighted by atomic mass is 9.57. The Morgan fingerprint density at radius 1 is 0.508 bits per heavy atom. The molecule has 0 aromatic carbocycles. The Hall–Kier alpha value is -0.00623. The zero-order valence-corrected chi connectivity index (χ0v) is 41.2. The number of ether oxygens (including phenoxy) is 4. The highest BCUT2D eigenvalue weighted by atomic mass is 28.5. The van der Waals surface area contributed by atoms with Crippen LogP contribution in [0.15, 0.2) is 0 Å². The third-order valence-electron chi connectivity index (χ3n) is 17.6. The summed E-state index contributed by atoms with van der Waals surface area (Å²) in [7, 11) is -5.74. The van der Waals surface area contributed by atoms with Gasteiger partial charge in [-0.2, -0.15) is 0 Å². The molecular formula is C46H82O11Si2. The van der Waals surface area contributed by atoms with E-state index in [9.17, 15) is 0 Å². The first kappa shape index (κ1) is 45.6. The van der Waals surface area contributed by atoms with Gasteiger partial charge in [0.1, 0.15) is 0 Å².